The Morgan fingerprint density at radius 1 is 0.903 bits per heavy atom. The van der Waals surface area contributed by atoms with Gasteiger partial charge in [0.25, 0.3) is 5.91 Å². The Labute approximate surface area is 183 Å². The number of hydrogen-bond acceptors (Lipinski definition) is 3. The zero-order chi connectivity index (χ0) is 22.4. The van der Waals surface area contributed by atoms with Crippen molar-refractivity contribution in [3.05, 3.63) is 89.0 Å². The summed E-state index contributed by atoms with van der Waals surface area (Å²) in [6.45, 7) is 2.84. The van der Waals surface area contributed by atoms with Crippen LogP contribution in [0.2, 0.25) is 5.02 Å². The molecule has 2 N–H and O–H groups in total. The van der Waals surface area contributed by atoms with Gasteiger partial charge in [-0.1, -0.05) is 24.6 Å². The smallest absolute Gasteiger partial charge is 0.326 e. The number of nitrogens with zero attached hydrogens (tertiary/aromatic N) is 1. The minimum absolute atomic E-state index is 0.413. The topological polar surface area (TPSA) is 61.4 Å². The summed E-state index contributed by atoms with van der Waals surface area (Å²) in [5.41, 5.74) is 1.48. The van der Waals surface area contributed by atoms with E-state index in [0.29, 0.717) is 10.7 Å². The molecule has 0 spiro atoms. The second-order valence-electron chi connectivity index (χ2n) is 6.68. The zero-order valence-corrected chi connectivity index (χ0v) is 17.4. The molecule has 3 amide bonds. The number of hydrogen-bond donors (Lipinski definition) is 2. The molecule has 31 heavy (non-hydrogen) atoms. The predicted molar refractivity (Wildman–Crippen MR) is 118 cm³/mol. The Kier molecular flexibility index (Phi) is 7.20. The Hall–Kier alpha value is -3.45. The van der Waals surface area contributed by atoms with Crippen LogP contribution >= 0.6 is 11.6 Å². The lowest BCUT2D eigenvalue weighted by atomic mass is 10.2. The van der Waals surface area contributed by atoms with Crippen molar-refractivity contribution in [1.29, 1.82) is 0 Å². The van der Waals surface area contributed by atoms with Crippen molar-refractivity contribution < 1.29 is 18.4 Å². The number of halogens is 3. The fourth-order valence-corrected chi connectivity index (χ4v) is 3.15. The number of amides is 3. The molecular weight excluding hydrogens is 424 g/mol. The van der Waals surface area contributed by atoms with Crippen molar-refractivity contribution >= 4 is 40.6 Å². The fraction of sp³-hybridized carbons (Fsp3) is 0.130. The molecule has 3 rings (SSSR count). The van der Waals surface area contributed by atoms with E-state index in [0.717, 1.165) is 42.5 Å². The van der Waals surface area contributed by atoms with Crippen molar-refractivity contribution in [3.63, 3.8) is 0 Å². The Morgan fingerprint density at radius 3 is 2.00 bits per heavy atom. The summed E-state index contributed by atoms with van der Waals surface area (Å²) in [6, 6.07) is 16.6. The van der Waals surface area contributed by atoms with E-state index in [1.54, 1.807) is 12.1 Å². The summed E-state index contributed by atoms with van der Waals surface area (Å²) in [4.78, 5) is 26.2. The number of rotatable bonds is 6. The maximum Gasteiger partial charge on any atom is 0.326 e. The van der Waals surface area contributed by atoms with E-state index >= 15 is 0 Å². The third-order valence-electron chi connectivity index (χ3n) is 4.44. The molecule has 8 heteroatoms. The number of imide groups is 1. The molecule has 5 nitrogen and oxygen atoms in total. The second kappa shape index (κ2) is 10.0. The number of carbonyl (C=O) groups excluding carboxylic acids is 2. The van der Waals surface area contributed by atoms with Crippen LogP contribution in [0.1, 0.15) is 23.7 Å². The lowest BCUT2D eigenvalue weighted by molar-refractivity contribution is 0.0959. The Bertz CT molecular complexity index is 1050. The van der Waals surface area contributed by atoms with Gasteiger partial charge in [0.15, 0.2) is 0 Å². The van der Waals surface area contributed by atoms with Crippen LogP contribution in [0, 0.1) is 11.6 Å². The summed E-state index contributed by atoms with van der Waals surface area (Å²) in [5.74, 6) is -3.26. The highest BCUT2D eigenvalue weighted by molar-refractivity contribution is 6.30. The van der Waals surface area contributed by atoms with Gasteiger partial charge in [-0.05, 0) is 67.1 Å². The average molecular weight is 444 g/mol. The van der Waals surface area contributed by atoms with Gasteiger partial charge < -0.3 is 10.2 Å². The van der Waals surface area contributed by atoms with Crippen LogP contribution in [0.25, 0.3) is 0 Å². The van der Waals surface area contributed by atoms with E-state index in [1.165, 1.54) is 0 Å². The lowest BCUT2D eigenvalue weighted by Crippen LogP contribution is -2.35. The highest BCUT2D eigenvalue weighted by Crippen LogP contribution is 2.28. The second-order valence-corrected chi connectivity index (χ2v) is 7.12. The molecule has 0 aliphatic carbocycles. The molecular formula is C23H20ClF2N3O2. The molecule has 0 aromatic heterocycles. The first-order chi connectivity index (χ1) is 14.9. The van der Waals surface area contributed by atoms with E-state index < -0.39 is 29.1 Å². The van der Waals surface area contributed by atoms with Crippen LogP contribution in [-0.4, -0.2) is 18.5 Å². The number of nitrogens with one attached hydrogen (secondary N) is 2. The molecule has 0 atom stereocenters. The normalized spacial score (nSPS) is 10.5. The van der Waals surface area contributed by atoms with E-state index in [-0.39, 0.29) is 0 Å². The Balaban J connectivity index is 1.68. The van der Waals surface area contributed by atoms with Crippen molar-refractivity contribution in [1.82, 2.24) is 5.32 Å². The van der Waals surface area contributed by atoms with Crippen molar-refractivity contribution in [3.8, 4) is 0 Å². The minimum atomic E-state index is -1.17. The molecule has 3 aromatic carbocycles. The number of urea groups is 1. The summed E-state index contributed by atoms with van der Waals surface area (Å²) >= 11 is 5.97. The molecule has 0 unspecified atom stereocenters. The van der Waals surface area contributed by atoms with Gasteiger partial charge in [-0.25, -0.2) is 13.6 Å². The van der Waals surface area contributed by atoms with Crippen LogP contribution < -0.4 is 15.5 Å². The van der Waals surface area contributed by atoms with Crippen LogP contribution in [0.5, 0.6) is 0 Å². The summed E-state index contributed by atoms with van der Waals surface area (Å²) in [6.07, 6.45) is 0.916. The number of carbonyl (C=O) groups is 2. The fourth-order valence-electron chi connectivity index (χ4n) is 3.02. The number of anilines is 3. The van der Waals surface area contributed by atoms with Gasteiger partial charge in [0.05, 0.1) is 0 Å². The molecule has 0 fully saturated rings. The largest absolute Gasteiger partial charge is 0.341 e. The molecule has 0 saturated carbocycles. The van der Waals surface area contributed by atoms with E-state index in [2.05, 4.69) is 17.1 Å². The van der Waals surface area contributed by atoms with Crippen molar-refractivity contribution in [2.75, 3.05) is 16.8 Å². The maximum absolute atomic E-state index is 13.7. The SMILES string of the molecule is CCCN(c1ccc(Cl)cc1)c1ccc(NC(=O)NC(=O)c2c(F)cccc2F)cc1. The quantitative estimate of drug-likeness (QED) is 0.482. The molecule has 0 heterocycles. The average Bonchev–Trinajstić information content (AvgIpc) is 2.73. The van der Waals surface area contributed by atoms with Gasteiger partial charge in [0, 0.05) is 28.6 Å². The van der Waals surface area contributed by atoms with Gasteiger partial charge in [-0.15, -0.1) is 0 Å². The molecule has 0 radical (unpaired) electrons. The van der Waals surface area contributed by atoms with Crippen LogP contribution in [0.15, 0.2) is 66.7 Å². The van der Waals surface area contributed by atoms with E-state index in [1.807, 2.05) is 41.7 Å². The summed E-state index contributed by atoms with van der Waals surface area (Å²) in [7, 11) is 0. The minimum Gasteiger partial charge on any atom is -0.341 e. The highest BCUT2D eigenvalue weighted by Gasteiger charge is 2.19. The predicted octanol–water partition coefficient (Wildman–Crippen LogP) is 6.13. The first-order valence-corrected chi connectivity index (χ1v) is 9.96. The molecule has 0 saturated heterocycles. The van der Waals surface area contributed by atoms with Crippen LogP contribution in [0.4, 0.5) is 30.6 Å². The molecule has 0 aliphatic heterocycles. The molecule has 0 aliphatic rings. The van der Waals surface area contributed by atoms with Gasteiger partial charge in [-0.2, -0.15) is 0 Å². The van der Waals surface area contributed by atoms with E-state index in [4.69, 9.17) is 11.6 Å². The van der Waals surface area contributed by atoms with Crippen molar-refractivity contribution in [2.24, 2.45) is 0 Å². The third kappa shape index (κ3) is 5.58. The lowest BCUT2D eigenvalue weighted by Gasteiger charge is -2.25. The van der Waals surface area contributed by atoms with Gasteiger partial charge in [-0.3, -0.25) is 10.1 Å². The molecule has 160 valence electrons. The third-order valence-corrected chi connectivity index (χ3v) is 4.69. The summed E-state index contributed by atoms with van der Waals surface area (Å²) < 4.78 is 27.4. The van der Waals surface area contributed by atoms with Crippen LogP contribution in [0.3, 0.4) is 0 Å². The Morgan fingerprint density at radius 2 is 1.45 bits per heavy atom. The zero-order valence-electron chi connectivity index (χ0n) is 16.7. The van der Waals surface area contributed by atoms with Crippen molar-refractivity contribution in [2.45, 2.75) is 13.3 Å². The number of benzene rings is 3. The first kappa shape index (κ1) is 22.2. The standard InChI is InChI=1S/C23H20ClF2N3O2/c1-2-14-29(17-10-6-15(24)7-11-17)18-12-8-16(9-13-18)27-23(31)28-22(30)21-19(25)4-3-5-20(21)26/h3-13H,2,14H2,1H3,(H2,27,28,30,31). The highest BCUT2D eigenvalue weighted by atomic mass is 35.5. The van der Waals surface area contributed by atoms with E-state index in [9.17, 15) is 18.4 Å². The van der Waals surface area contributed by atoms with Gasteiger partial charge in [0.1, 0.15) is 17.2 Å². The first-order valence-electron chi connectivity index (χ1n) is 9.58. The maximum atomic E-state index is 13.7. The molecule has 3 aromatic rings. The van der Waals surface area contributed by atoms with Gasteiger partial charge in [0.2, 0.25) is 0 Å². The van der Waals surface area contributed by atoms with Gasteiger partial charge >= 0.3 is 6.03 Å². The summed E-state index contributed by atoms with van der Waals surface area (Å²) in [5, 5.41) is 5.05. The monoisotopic (exact) mass is 443 g/mol. The van der Waals surface area contributed by atoms with Crippen LogP contribution in [-0.2, 0) is 0 Å². The molecule has 0 bridgehead atoms.